The van der Waals surface area contributed by atoms with E-state index in [1.807, 2.05) is 30.3 Å². The van der Waals surface area contributed by atoms with E-state index in [1.54, 1.807) is 6.92 Å². The second kappa shape index (κ2) is 5.02. The average Bonchev–Trinajstić information content (AvgIpc) is 2.41. The topological polar surface area (TPSA) is 77.8 Å². The number of carboxylic acid groups (broad SMARTS) is 1. The van der Waals surface area contributed by atoms with E-state index in [0.29, 0.717) is 0 Å². The first-order chi connectivity index (χ1) is 9.02. The van der Waals surface area contributed by atoms with Gasteiger partial charge in [-0.15, -0.1) is 0 Å². The smallest absolute Gasteiger partial charge is 0.336 e. The van der Waals surface area contributed by atoms with E-state index in [2.05, 4.69) is 0 Å². The number of hydrogen-bond acceptors (Lipinski definition) is 3. The van der Waals surface area contributed by atoms with Gasteiger partial charge < -0.3 is 15.3 Å². The molecule has 0 fully saturated rings. The second-order valence-electron chi connectivity index (χ2n) is 4.33. The average molecular weight is 258 g/mol. The monoisotopic (exact) mass is 258 g/mol. The standard InChI is InChI=1S/C15H14O4/c1-9(10-5-3-2-4-6-10)13-11(15(18)19)7-8-12(16)14(13)17/h2-9,16-17H,1H3,(H,18,19). The maximum Gasteiger partial charge on any atom is 0.336 e. The molecule has 0 amide bonds. The van der Waals surface area contributed by atoms with Gasteiger partial charge in [-0.25, -0.2) is 4.79 Å². The Morgan fingerprint density at radius 3 is 2.26 bits per heavy atom. The van der Waals surface area contributed by atoms with Crippen molar-refractivity contribution in [2.24, 2.45) is 0 Å². The highest BCUT2D eigenvalue weighted by Crippen LogP contribution is 2.39. The molecule has 98 valence electrons. The zero-order valence-electron chi connectivity index (χ0n) is 10.4. The summed E-state index contributed by atoms with van der Waals surface area (Å²) in [5, 5.41) is 28.7. The molecule has 0 radical (unpaired) electrons. The van der Waals surface area contributed by atoms with E-state index in [-0.39, 0.29) is 28.5 Å². The van der Waals surface area contributed by atoms with Crippen molar-refractivity contribution in [1.29, 1.82) is 0 Å². The summed E-state index contributed by atoms with van der Waals surface area (Å²) >= 11 is 0. The lowest BCUT2D eigenvalue weighted by molar-refractivity contribution is 0.0695. The van der Waals surface area contributed by atoms with Gasteiger partial charge in [0.15, 0.2) is 11.5 Å². The molecule has 2 aromatic carbocycles. The molecule has 4 nitrogen and oxygen atoms in total. The van der Waals surface area contributed by atoms with Crippen LogP contribution in [0.3, 0.4) is 0 Å². The molecular formula is C15H14O4. The van der Waals surface area contributed by atoms with E-state index >= 15 is 0 Å². The van der Waals surface area contributed by atoms with Gasteiger partial charge in [0, 0.05) is 11.5 Å². The molecule has 0 aliphatic carbocycles. The van der Waals surface area contributed by atoms with Crippen molar-refractivity contribution < 1.29 is 20.1 Å². The first-order valence-corrected chi connectivity index (χ1v) is 5.85. The third-order valence-electron chi connectivity index (χ3n) is 3.16. The van der Waals surface area contributed by atoms with E-state index < -0.39 is 5.97 Å². The first-order valence-electron chi connectivity index (χ1n) is 5.85. The molecule has 0 heterocycles. The maximum absolute atomic E-state index is 11.2. The van der Waals surface area contributed by atoms with E-state index in [0.717, 1.165) is 5.56 Å². The fourth-order valence-electron chi connectivity index (χ4n) is 2.13. The van der Waals surface area contributed by atoms with Crippen LogP contribution in [0.25, 0.3) is 0 Å². The Labute approximate surface area is 110 Å². The largest absolute Gasteiger partial charge is 0.504 e. The van der Waals surface area contributed by atoms with Crippen molar-refractivity contribution in [3.05, 3.63) is 59.2 Å². The van der Waals surface area contributed by atoms with Crippen LogP contribution in [0, 0.1) is 0 Å². The number of carbonyl (C=O) groups is 1. The number of aromatic carboxylic acids is 1. The van der Waals surface area contributed by atoms with Gasteiger partial charge in [-0.3, -0.25) is 0 Å². The summed E-state index contributed by atoms with van der Waals surface area (Å²) in [5.41, 5.74) is 1.08. The van der Waals surface area contributed by atoms with Crippen LogP contribution in [0.5, 0.6) is 11.5 Å². The van der Waals surface area contributed by atoms with E-state index in [4.69, 9.17) is 0 Å². The normalized spacial score (nSPS) is 12.1. The van der Waals surface area contributed by atoms with Crippen LogP contribution < -0.4 is 0 Å². The van der Waals surface area contributed by atoms with Crippen LogP contribution in [0.2, 0.25) is 0 Å². The SMILES string of the molecule is CC(c1ccccc1)c1c(C(=O)O)ccc(O)c1O. The van der Waals surface area contributed by atoms with Crippen LogP contribution in [0.1, 0.15) is 34.3 Å². The molecule has 0 aromatic heterocycles. The molecule has 4 heteroatoms. The van der Waals surface area contributed by atoms with Gasteiger partial charge in [0.25, 0.3) is 0 Å². The zero-order chi connectivity index (χ0) is 14.0. The lowest BCUT2D eigenvalue weighted by Crippen LogP contribution is -2.07. The summed E-state index contributed by atoms with van der Waals surface area (Å²) in [6.45, 7) is 1.79. The van der Waals surface area contributed by atoms with Crippen molar-refractivity contribution in [2.45, 2.75) is 12.8 Å². The number of aromatic hydroxyl groups is 2. The quantitative estimate of drug-likeness (QED) is 0.740. The lowest BCUT2D eigenvalue weighted by atomic mass is 9.88. The van der Waals surface area contributed by atoms with Crippen LogP contribution in [0.15, 0.2) is 42.5 Å². The van der Waals surface area contributed by atoms with Gasteiger partial charge in [-0.2, -0.15) is 0 Å². The van der Waals surface area contributed by atoms with Crippen LogP contribution in [0.4, 0.5) is 0 Å². The number of hydrogen-bond donors (Lipinski definition) is 3. The molecule has 0 spiro atoms. The van der Waals surface area contributed by atoms with Crippen molar-refractivity contribution >= 4 is 5.97 Å². The number of benzene rings is 2. The summed E-state index contributed by atoms with van der Waals surface area (Å²) in [7, 11) is 0. The molecule has 3 N–H and O–H groups in total. The van der Waals surface area contributed by atoms with Crippen LogP contribution >= 0.6 is 0 Å². The Morgan fingerprint density at radius 2 is 1.68 bits per heavy atom. The van der Waals surface area contributed by atoms with Crippen molar-refractivity contribution in [3.8, 4) is 11.5 Å². The van der Waals surface area contributed by atoms with Gasteiger partial charge in [-0.05, 0) is 17.7 Å². The Bertz CT molecular complexity index is 605. The number of phenols is 2. The molecule has 2 rings (SSSR count). The van der Waals surface area contributed by atoms with Crippen molar-refractivity contribution in [2.75, 3.05) is 0 Å². The Balaban J connectivity index is 2.61. The molecule has 0 saturated carbocycles. The highest BCUT2D eigenvalue weighted by Gasteiger charge is 2.22. The molecule has 0 aliphatic rings. The second-order valence-corrected chi connectivity index (χ2v) is 4.33. The van der Waals surface area contributed by atoms with E-state index in [1.165, 1.54) is 12.1 Å². The third-order valence-corrected chi connectivity index (χ3v) is 3.16. The molecular weight excluding hydrogens is 244 g/mol. The van der Waals surface area contributed by atoms with Crippen molar-refractivity contribution in [1.82, 2.24) is 0 Å². The first kappa shape index (κ1) is 13.0. The number of phenolic OH excluding ortho intramolecular Hbond substituents is 2. The lowest BCUT2D eigenvalue weighted by Gasteiger charge is -2.17. The Hall–Kier alpha value is -2.49. The molecule has 19 heavy (non-hydrogen) atoms. The molecule has 2 aromatic rings. The molecule has 0 aliphatic heterocycles. The zero-order valence-corrected chi connectivity index (χ0v) is 10.4. The maximum atomic E-state index is 11.2. The number of rotatable bonds is 3. The summed E-state index contributed by atoms with van der Waals surface area (Å²) in [4.78, 5) is 11.2. The van der Waals surface area contributed by atoms with Gasteiger partial charge in [-0.1, -0.05) is 37.3 Å². The third kappa shape index (κ3) is 2.38. The summed E-state index contributed by atoms with van der Waals surface area (Å²) in [5.74, 6) is -2.16. The fourth-order valence-corrected chi connectivity index (χ4v) is 2.13. The van der Waals surface area contributed by atoms with Crippen molar-refractivity contribution in [3.63, 3.8) is 0 Å². The van der Waals surface area contributed by atoms with Gasteiger partial charge in [0.05, 0.1) is 5.56 Å². The van der Waals surface area contributed by atoms with Gasteiger partial charge >= 0.3 is 5.97 Å². The predicted octanol–water partition coefficient (Wildman–Crippen LogP) is 2.95. The summed E-state index contributed by atoms with van der Waals surface area (Å²) in [6.07, 6.45) is 0. The van der Waals surface area contributed by atoms with E-state index in [9.17, 15) is 20.1 Å². The fraction of sp³-hybridized carbons (Fsp3) is 0.133. The minimum absolute atomic E-state index is 0.00773. The molecule has 0 bridgehead atoms. The minimum atomic E-state index is -1.13. The highest BCUT2D eigenvalue weighted by atomic mass is 16.4. The van der Waals surface area contributed by atoms with Gasteiger partial charge in [0.1, 0.15) is 0 Å². The minimum Gasteiger partial charge on any atom is -0.504 e. The molecule has 1 atom stereocenters. The molecule has 0 saturated heterocycles. The summed E-state index contributed by atoms with van der Waals surface area (Å²) < 4.78 is 0. The Morgan fingerprint density at radius 1 is 1.05 bits per heavy atom. The van der Waals surface area contributed by atoms with Gasteiger partial charge in [0.2, 0.25) is 0 Å². The van der Waals surface area contributed by atoms with Crippen LogP contribution in [-0.4, -0.2) is 21.3 Å². The Kier molecular flexibility index (Phi) is 3.42. The highest BCUT2D eigenvalue weighted by molar-refractivity contribution is 5.91. The summed E-state index contributed by atoms with van der Waals surface area (Å²) in [6, 6.07) is 11.7. The predicted molar refractivity (Wildman–Crippen MR) is 70.7 cm³/mol. The number of carboxylic acids is 1. The molecule has 1 unspecified atom stereocenters. The van der Waals surface area contributed by atoms with Crippen LogP contribution in [-0.2, 0) is 0 Å².